The second kappa shape index (κ2) is 12.2. The number of aliphatic hydroxyl groups excluding tert-OH is 1. The van der Waals surface area contributed by atoms with Gasteiger partial charge in [-0.3, -0.25) is 14.4 Å². The number of carboxylic acid groups (broad SMARTS) is 1. The number of hydrogen-bond donors (Lipinski definition) is 6. The van der Waals surface area contributed by atoms with Gasteiger partial charge in [-0.15, -0.1) is 0 Å². The highest BCUT2D eigenvalue weighted by Crippen LogP contribution is 2.11. The summed E-state index contributed by atoms with van der Waals surface area (Å²) in [6.45, 7) is 6.27. The van der Waals surface area contributed by atoms with Crippen LogP contribution in [0.25, 0.3) is 0 Å². The molecule has 0 saturated heterocycles. The molecule has 4 atom stereocenters. The first-order chi connectivity index (χ1) is 12.6. The molecule has 0 aromatic heterocycles. The summed E-state index contributed by atoms with van der Waals surface area (Å²) in [5.74, 6) is -3.35. The van der Waals surface area contributed by atoms with Crippen molar-refractivity contribution in [3.05, 3.63) is 0 Å². The lowest BCUT2D eigenvalue weighted by molar-refractivity contribution is -0.143. The summed E-state index contributed by atoms with van der Waals surface area (Å²) in [6, 6.07) is -3.35. The summed E-state index contributed by atoms with van der Waals surface area (Å²) in [5.41, 5.74) is 5.28. The summed E-state index contributed by atoms with van der Waals surface area (Å²) in [6.07, 6.45) is 0.889. The Morgan fingerprint density at radius 3 is 1.96 bits per heavy atom. The van der Waals surface area contributed by atoms with Crippen LogP contribution in [0.4, 0.5) is 0 Å². The molecule has 0 rings (SSSR count). The van der Waals surface area contributed by atoms with Crippen molar-refractivity contribution in [3.8, 4) is 0 Å². The Labute approximate surface area is 159 Å². The number of aliphatic hydroxyl groups is 1. The third kappa shape index (κ3) is 8.83. The van der Waals surface area contributed by atoms with Crippen LogP contribution < -0.4 is 21.7 Å². The van der Waals surface area contributed by atoms with Gasteiger partial charge in [0.05, 0.1) is 13.2 Å². The fraction of sp³-hybridized carbons (Fsp3) is 0.765. The third-order valence-electron chi connectivity index (χ3n) is 4.13. The van der Waals surface area contributed by atoms with Crippen molar-refractivity contribution in [2.75, 3.05) is 13.2 Å². The van der Waals surface area contributed by atoms with Crippen LogP contribution in [0, 0.1) is 11.8 Å². The first-order valence-electron chi connectivity index (χ1n) is 9.01. The molecule has 0 aromatic carbocycles. The van der Waals surface area contributed by atoms with Crippen LogP contribution >= 0.6 is 0 Å². The van der Waals surface area contributed by atoms with Gasteiger partial charge in [-0.1, -0.05) is 34.1 Å². The molecule has 3 amide bonds. The molecule has 0 spiro atoms. The van der Waals surface area contributed by atoms with Crippen LogP contribution in [0.5, 0.6) is 0 Å². The largest absolute Gasteiger partial charge is 0.480 e. The van der Waals surface area contributed by atoms with Crippen molar-refractivity contribution in [1.29, 1.82) is 0 Å². The number of hydrogen-bond acceptors (Lipinski definition) is 6. The van der Waals surface area contributed by atoms with E-state index in [0.717, 1.165) is 0 Å². The molecule has 0 heterocycles. The van der Waals surface area contributed by atoms with Gasteiger partial charge in [0.15, 0.2) is 0 Å². The van der Waals surface area contributed by atoms with Gasteiger partial charge in [-0.25, -0.2) is 4.79 Å². The van der Waals surface area contributed by atoms with E-state index in [4.69, 9.17) is 15.9 Å². The van der Waals surface area contributed by atoms with Crippen LogP contribution in [0.2, 0.25) is 0 Å². The number of nitrogens with one attached hydrogen (secondary N) is 3. The van der Waals surface area contributed by atoms with Crippen LogP contribution in [-0.4, -0.2) is 65.2 Å². The van der Waals surface area contributed by atoms with Gasteiger partial charge >= 0.3 is 5.97 Å². The second-order valence-electron chi connectivity index (χ2n) is 6.91. The number of amides is 3. The Morgan fingerprint density at radius 1 is 0.963 bits per heavy atom. The van der Waals surface area contributed by atoms with E-state index < -0.39 is 48.4 Å². The van der Waals surface area contributed by atoms with Crippen molar-refractivity contribution in [3.63, 3.8) is 0 Å². The number of carbonyl (C=O) groups excluding carboxylic acids is 3. The molecule has 0 aliphatic heterocycles. The summed E-state index contributed by atoms with van der Waals surface area (Å²) in [4.78, 5) is 47.7. The second-order valence-corrected chi connectivity index (χ2v) is 6.91. The molecular weight excluding hydrogens is 356 g/mol. The topological polar surface area (TPSA) is 171 Å². The van der Waals surface area contributed by atoms with Gasteiger partial charge < -0.3 is 31.9 Å². The molecule has 0 bridgehead atoms. The van der Waals surface area contributed by atoms with Gasteiger partial charge in [-0.2, -0.15) is 0 Å². The minimum Gasteiger partial charge on any atom is -0.480 e. The molecule has 0 radical (unpaired) electrons. The predicted molar refractivity (Wildman–Crippen MR) is 98.5 cm³/mol. The minimum absolute atomic E-state index is 0.0977. The maximum absolute atomic E-state index is 12.6. The quantitative estimate of drug-likeness (QED) is 0.238. The highest BCUT2D eigenvalue weighted by Gasteiger charge is 2.32. The first kappa shape index (κ1) is 24.8. The maximum Gasteiger partial charge on any atom is 0.328 e. The molecule has 0 aliphatic rings. The monoisotopic (exact) mass is 388 g/mol. The van der Waals surface area contributed by atoms with Crippen molar-refractivity contribution in [2.45, 2.75) is 58.7 Å². The number of aliphatic carboxylic acids is 1. The summed E-state index contributed by atoms with van der Waals surface area (Å²) >= 11 is 0. The minimum atomic E-state index is -1.47. The van der Waals surface area contributed by atoms with Crippen LogP contribution in [0.3, 0.4) is 0 Å². The van der Waals surface area contributed by atoms with Gasteiger partial charge in [0.25, 0.3) is 0 Å². The SMILES string of the molecule is CCC(C)C(NC(=O)C(CC(C)C)NC(=O)CN)C(=O)NC(CO)C(=O)O. The molecule has 156 valence electrons. The van der Waals surface area contributed by atoms with E-state index in [0.29, 0.717) is 12.8 Å². The normalized spacial score (nSPS) is 15.4. The van der Waals surface area contributed by atoms with Crippen LogP contribution in [0.1, 0.15) is 40.5 Å². The summed E-state index contributed by atoms with van der Waals surface area (Å²) in [5, 5.41) is 25.4. The fourth-order valence-corrected chi connectivity index (χ4v) is 2.36. The zero-order chi connectivity index (χ0) is 21.1. The Morgan fingerprint density at radius 2 is 1.56 bits per heavy atom. The average molecular weight is 388 g/mol. The standard InChI is InChI=1S/C17H32N4O6/c1-5-10(4)14(16(25)20-12(8-22)17(26)27)21-15(24)11(6-9(2)3)19-13(23)7-18/h9-12,14,22H,5-8,18H2,1-4H3,(H,19,23)(H,20,25)(H,21,24)(H,26,27). The maximum atomic E-state index is 12.6. The smallest absolute Gasteiger partial charge is 0.328 e. The Balaban J connectivity index is 5.33. The predicted octanol–water partition coefficient (Wildman–Crippen LogP) is -1.43. The molecule has 10 heteroatoms. The molecule has 0 aliphatic carbocycles. The molecule has 4 unspecified atom stereocenters. The van der Waals surface area contributed by atoms with Crippen molar-refractivity contribution in [2.24, 2.45) is 17.6 Å². The van der Waals surface area contributed by atoms with Crippen molar-refractivity contribution >= 4 is 23.7 Å². The Bertz CT molecular complexity index is 526. The van der Waals surface area contributed by atoms with Gasteiger partial charge in [0, 0.05) is 0 Å². The number of carboxylic acids is 1. The lowest BCUT2D eigenvalue weighted by atomic mass is 9.96. The summed E-state index contributed by atoms with van der Waals surface area (Å²) in [7, 11) is 0. The lowest BCUT2D eigenvalue weighted by Crippen LogP contribution is -2.58. The van der Waals surface area contributed by atoms with E-state index in [1.165, 1.54) is 0 Å². The fourth-order valence-electron chi connectivity index (χ4n) is 2.36. The van der Waals surface area contributed by atoms with Crippen molar-refractivity contribution < 1.29 is 29.4 Å². The lowest BCUT2D eigenvalue weighted by Gasteiger charge is -2.28. The van der Waals surface area contributed by atoms with Gasteiger partial charge in [0.1, 0.15) is 18.1 Å². The van der Waals surface area contributed by atoms with E-state index in [2.05, 4.69) is 16.0 Å². The van der Waals surface area contributed by atoms with E-state index in [-0.39, 0.29) is 18.4 Å². The van der Waals surface area contributed by atoms with Gasteiger partial charge in [-0.05, 0) is 18.3 Å². The molecule has 7 N–H and O–H groups in total. The molecule has 0 saturated carbocycles. The van der Waals surface area contributed by atoms with Gasteiger partial charge in [0.2, 0.25) is 17.7 Å². The number of nitrogens with two attached hydrogens (primary N) is 1. The number of carbonyl (C=O) groups is 4. The summed E-state index contributed by atoms with van der Waals surface area (Å²) < 4.78 is 0. The van der Waals surface area contributed by atoms with E-state index >= 15 is 0 Å². The zero-order valence-electron chi connectivity index (χ0n) is 16.3. The molecular formula is C17H32N4O6. The van der Waals surface area contributed by atoms with E-state index in [1.54, 1.807) is 6.92 Å². The van der Waals surface area contributed by atoms with Crippen LogP contribution in [0.15, 0.2) is 0 Å². The van der Waals surface area contributed by atoms with Crippen molar-refractivity contribution in [1.82, 2.24) is 16.0 Å². The Kier molecular flexibility index (Phi) is 11.2. The first-order valence-corrected chi connectivity index (χ1v) is 9.01. The average Bonchev–Trinajstić information content (AvgIpc) is 2.61. The Hall–Kier alpha value is -2.20. The molecule has 0 aromatic rings. The third-order valence-corrected chi connectivity index (χ3v) is 4.13. The molecule has 10 nitrogen and oxygen atoms in total. The van der Waals surface area contributed by atoms with E-state index in [1.807, 2.05) is 20.8 Å². The highest BCUT2D eigenvalue weighted by molar-refractivity contribution is 5.93. The van der Waals surface area contributed by atoms with Crippen LogP contribution in [-0.2, 0) is 19.2 Å². The van der Waals surface area contributed by atoms with E-state index in [9.17, 15) is 19.2 Å². The zero-order valence-corrected chi connectivity index (χ0v) is 16.3. The highest BCUT2D eigenvalue weighted by atomic mass is 16.4. The molecule has 0 fully saturated rings. The number of rotatable bonds is 12. The molecule has 27 heavy (non-hydrogen) atoms.